The molecule has 4 N–H and O–H groups in total. The van der Waals surface area contributed by atoms with Gasteiger partial charge in [0.2, 0.25) is 5.91 Å². The SMILES string of the molecule is COc1ccc([C@@H](C)NCC(=O)Nc2sccc2C(N)=O)cc1Br. The van der Waals surface area contributed by atoms with Gasteiger partial charge < -0.3 is 21.1 Å². The number of nitrogens with two attached hydrogens (primary N) is 1. The Hall–Kier alpha value is -1.90. The van der Waals surface area contributed by atoms with E-state index in [-0.39, 0.29) is 18.5 Å². The van der Waals surface area contributed by atoms with Crippen LogP contribution in [0.15, 0.2) is 34.1 Å². The number of carbonyl (C=O) groups excluding carboxylic acids is 2. The maximum absolute atomic E-state index is 12.0. The van der Waals surface area contributed by atoms with E-state index in [0.717, 1.165) is 15.8 Å². The van der Waals surface area contributed by atoms with Crippen LogP contribution in [0.3, 0.4) is 0 Å². The van der Waals surface area contributed by atoms with Crippen LogP contribution >= 0.6 is 27.3 Å². The van der Waals surface area contributed by atoms with E-state index in [2.05, 4.69) is 26.6 Å². The van der Waals surface area contributed by atoms with Gasteiger partial charge in [-0.3, -0.25) is 9.59 Å². The number of amides is 2. The summed E-state index contributed by atoms with van der Waals surface area (Å²) < 4.78 is 6.05. The van der Waals surface area contributed by atoms with Crippen molar-refractivity contribution in [2.75, 3.05) is 19.0 Å². The molecule has 0 saturated carbocycles. The Balaban J connectivity index is 1.92. The lowest BCUT2D eigenvalue weighted by atomic mass is 10.1. The Kier molecular flexibility index (Phi) is 6.36. The Bertz CT molecular complexity index is 748. The topological polar surface area (TPSA) is 93.4 Å². The molecule has 1 heterocycles. The minimum Gasteiger partial charge on any atom is -0.496 e. The van der Waals surface area contributed by atoms with Gasteiger partial charge in [-0.2, -0.15) is 0 Å². The number of hydrogen-bond donors (Lipinski definition) is 3. The molecule has 0 aliphatic carbocycles. The van der Waals surface area contributed by atoms with E-state index >= 15 is 0 Å². The van der Waals surface area contributed by atoms with Crippen LogP contribution in [0.25, 0.3) is 0 Å². The summed E-state index contributed by atoms with van der Waals surface area (Å²) in [6.45, 7) is 2.07. The van der Waals surface area contributed by atoms with Crippen LogP contribution in [0.4, 0.5) is 5.00 Å². The van der Waals surface area contributed by atoms with Gasteiger partial charge in [-0.25, -0.2) is 0 Å². The minimum atomic E-state index is -0.559. The minimum absolute atomic E-state index is 0.0306. The number of hydrogen-bond acceptors (Lipinski definition) is 5. The van der Waals surface area contributed by atoms with Gasteiger partial charge in [-0.15, -0.1) is 11.3 Å². The van der Waals surface area contributed by atoms with E-state index in [1.54, 1.807) is 18.6 Å². The van der Waals surface area contributed by atoms with E-state index in [9.17, 15) is 9.59 Å². The Morgan fingerprint density at radius 1 is 1.38 bits per heavy atom. The van der Waals surface area contributed by atoms with Crippen LogP contribution in [-0.2, 0) is 4.79 Å². The first kappa shape index (κ1) is 18.4. The van der Waals surface area contributed by atoms with Crippen molar-refractivity contribution in [3.63, 3.8) is 0 Å². The third-order valence-electron chi connectivity index (χ3n) is 3.43. The second-order valence-corrected chi connectivity index (χ2v) is 6.84. The first-order valence-electron chi connectivity index (χ1n) is 7.16. The normalized spacial score (nSPS) is 11.8. The number of thiophene rings is 1. The quantitative estimate of drug-likeness (QED) is 0.652. The molecule has 2 rings (SSSR count). The second kappa shape index (κ2) is 8.27. The average Bonchev–Trinajstić information content (AvgIpc) is 3.00. The van der Waals surface area contributed by atoms with Gasteiger partial charge in [0.15, 0.2) is 0 Å². The molecule has 128 valence electrons. The second-order valence-electron chi connectivity index (χ2n) is 5.07. The molecule has 0 bridgehead atoms. The van der Waals surface area contributed by atoms with Crippen molar-refractivity contribution in [1.29, 1.82) is 0 Å². The number of rotatable bonds is 7. The molecule has 0 aliphatic rings. The number of methoxy groups -OCH3 is 1. The molecule has 0 unspecified atom stereocenters. The average molecular weight is 412 g/mol. The lowest BCUT2D eigenvalue weighted by molar-refractivity contribution is -0.115. The van der Waals surface area contributed by atoms with Gasteiger partial charge in [-0.1, -0.05) is 6.07 Å². The molecular weight excluding hydrogens is 394 g/mol. The number of carbonyl (C=O) groups is 2. The molecular formula is C16H18BrN3O3S. The van der Waals surface area contributed by atoms with Crippen LogP contribution in [-0.4, -0.2) is 25.5 Å². The number of anilines is 1. The molecule has 0 fully saturated rings. The molecule has 2 aromatic rings. The predicted octanol–water partition coefficient (Wildman–Crippen LogP) is 2.91. The standard InChI is InChI=1S/C16H18BrN3O3S/c1-9(10-3-4-13(23-2)12(17)7-10)19-8-14(21)20-16-11(15(18)22)5-6-24-16/h3-7,9,19H,8H2,1-2H3,(H2,18,22)(H,20,21)/t9-/m1/s1. The molecule has 0 spiro atoms. The molecule has 0 aliphatic heterocycles. The molecule has 1 atom stereocenters. The first-order chi connectivity index (χ1) is 11.4. The van der Waals surface area contributed by atoms with Crippen molar-refractivity contribution in [2.24, 2.45) is 5.73 Å². The summed E-state index contributed by atoms with van der Waals surface area (Å²) >= 11 is 4.70. The largest absolute Gasteiger partial charge is 0.496 e. The van der Waals surface area contributed by atoms with Gasteiger partial charge in [0.25, 0.3) is 5.91 Å². The van der Waals surface area contributed by atoms with Gasteiger partial charge in [0.05, 0.1) is 23.7 Å². The lowest BCUT2D eigenvalue weighted by Gasteiger charge is -2.15. The van der Waals surface area contributed by atoms with Crippen LogP contribution in [0.2, 0.25) is 0 Å². The monoisotopic (exact) mass is 411 g/mol. The van der Waals surface area contributed by atoms with Crippen molar-refractivity contribution in [3.8, 4) is 5.75 Å². The maximum Gasteiger partial charge on any atom is 0.251 e. The highest BCUT2D eigenvalue weighted by Gasteiger charge is 2.14. The smallest absolute Gasteiger partial charge is 0.251 e. The summed E-state index contributed by atoms with van der Waals surface area (Å²) in [5, 5.41) is 8.01. The summed E-state index contributed by atoms with van der Waals surface area (Å²) in [6, 6.07) is 7.30. The zero-order valence-corrected chi connectivity index (χ0v) is 15.7. The number of benzene rings is 1. The van der Waals surface area contributed by atoms with Gasteiger partial charge in [0, 0.05) is 6.04 Å². The lowest BCUT2D eigenvalue weighted by Crippen LogP contribution is -2.30. The predicted molar refractivity (Wildman–Crippen MR) is 98.6 cm³/mol. The number of ether oxygens (including phenoxy) is 1. The van der Waals surface area contributed by atoms with E-state index in [0.29, 0.717) is 10.6 Å². The summed E-state index contributed by atoms with van der Waals surface area (Å²) in [5.41, 5.74) is 6.59. The number of halogens is 1. The van der Waals surface area contributed by atoms with Crippen molar-refractivity contribution < 1.29 is 14.3 Å². The maximum atomic E-state index is 12.0. The first-order valence-corrected chi connectivity index (χ1v) is 8.83. The fraction of sp³-hybridized carbons (Fsp3) is 0.250. The Morgan fingerprint density at radius 3 is 2.75 bits per heavy atom. The molecule has 1 aromatic carbocycles. The highest BCUT2D eigenvalue weighted by Crippen LogP contribution is 2.28. The number of nitrogens with one attached hydrogen (secondary N) is 2. The van der Waals surface area contributed by atoms with Crippen molar-refractivity contribution in [1.82, 2.24) is 5.32 Å². The Labute approximate surface area is 152 Å². The van der Waals surface area contributed by atoms with Crippen molar-refractivity contribution >= 4 is 44.1 Å². The van der Waals surface area contributed by atoms with Crippen molar-refractivity contribution in [2.45, 2.75) is 13.0 Å². The van der Waals surface area contributed by atoms with Gasteiger partial charge >= 0.3 is 0 Å². The summed E-state index contributed by atoms with van der Waals surface area (Å²) in [7, 11) is 1.61. The van der Waals surface area contributed by atoms with Crippen molar-refractivity contribution in [3.05, 3.63) is 45.2 Å². The fourth-order valence-electron chi connectivity index (χ4n) is 2.09. The third kappa shape index (κ3) is 4.56. The molecule has 6 nitrogen and oxygen atoms in total. The van der Waals surface area contributed by atoms with E-state index in [1.165, 1.54) is 11.3 Å². The highest BCUT2D eigenvalue weighted by atomic mass is 79.9. The molecule has 8 heteroatoms. The highest BCUT2D eigenvalue weighted by molar-refractivity contribution is 9.10. The molecule has 0 radical (unpaired) electrons. The zero-order valence-electron chi connectivity index (χ0n) is 13.3. The van der Waals surface area contributed by atoms with Crippen LogP contribution in [0.1, 0.15) is 28.9 Å². The molecule has 24 heavy (non-hydrogen) atoms. The Morgan fingerprint density at radius 2 is 2.12 bits per heavy atom. The van der Waals surface area contributed by atoms with Crippen LogP contribution in [0.5, 0.6) is 5.75 Å². The fourth-order valence-corrected chi connectivity index (χ4v) is 3.45. The molecule has 2 amide bonds. The van der Waals surface area contributed by atoms with Gasteiger partial charge in [-0.05, 0) is 52.0 Å². The number of primary amides is 1. The third-order valence-corrected chi connectivity index (χ3v) is 4.88. The zero-order chi connectivity index (χ0) is 17.7. The summed E-state index contributed by atoms with van der Waals surface area (Å²) in [5.74, 6) is -0.0456. The van der Waals surface area contributed by atoms with E-state index in [1.807, 2.05) is 25.1 Å². The summed E-state index contributed by atoms with van der Waals surface area (Å²) in [4.78, 5) is 23.3. The van der Waals surface area contributed by atoms with Crippen LogP contribution < -0.4 is 21.1 Å². The summed E-state index contributed by atoms with van der Waals surface area (Å²) in [6.07, 6.45) is 0. The van der Waals surface area contributed by atoms with E-state index in [4.69, 9.17) is 10.5 Å². The van der Waals surface area contributed by atoms with Gasteiger partial charge in [0.1, 0.15) is 10.8 Å². The van der Waals surface area contributed by atoms with E-state index < -0.39 is 5.91 Å². The molecule has 1 aromatic heterocycles. The molecule has 0 saturated heterocycles. The van der Waals surface area contributed by atoms with Crippen LogP contribution in [0, 0.1) is 0 Å².